The van der Waals surface area contributed by atoms with Gasteiger partial charge >= 0.3 is 0 Å². The first-order valence-corrected chi connectivity index (χ1v) is 7.87. The Morgan fingerprint density at radius 1 is 1.35 bits per heavy atom. The van der Waals surface area contributed by atoms with E-state index in [1.165, 1.54) is 0 Å². The first-order valence-electron chi connectivity index (χ1n) is 7.87. The van der Waals surface area contributed by atoms with E-state index in [2.05, 4.69) is 29.0 Å². The summed E-state index contributed by atoms with van der Waals surface area (Å²) in [5.41, 5.74) is 3.93. The molecule has 2 aromatic heterocycles. The lowest BCUT2D eigenvalue weighted by molar-refractivity contribution is 0.0786. The van der Waals surface area contributed by atoms with Gasteiger partial charge in [-0.1, -0.05) is 18.2 Å². The smallest absolute Gasteiger partial charge is 0.270 e. The van der Waals surface area contributed by atoms with Crippen LogP contribution < -0.4 is 0 Å². The quantitative estimate of drug-likeness (QED) is 0.787. The molecule has 3 rings (SSSR count). The van der Waals surface area contributed by atoms with Crippen LogP contribution in [-0.2, 0) is 6.54 Å². The van der Waals surface area contributed by atoms with Crippen LogP contribution in [0.4, 0.5) is 0 Å². The highest BCUT2D eigenvalue weighted by atomic mass is 16.2. The molecule has 0 saturated carbocycles. The fourth-order valence-electron chi connectivity index (χ4n) is 2.92. The van der Waals surface area contributed by atoms with Gasteiger partial charge in [0.15, 0.2) is 0 Å². The average molecular weight is 310 g/mol. The maximum Gasteiger partial charge on any atom is 0.270 e. The molecule has 1 aromatic carbocycles. The number of hydrogen-bond donors (Lipinski definition) is 1. The Kier molecular flexibility index (Phi) is 4.19. The summed E-state index contributed by atoms with van der Waals surface area (Å²) in [6.07, 6.45) is 6.40. The number of para-hydroxylation sites is 1. The summed E-state index contributed by atoms with van der Waals surface area (Å²) in [7, 11) is 1.86. The van der Waals surface area contributed by atoms with Crippen molar-refractivity contribution in [2.24, 2.45) is 0 Å². The Morgan fingerprint density at radius 3 is 2.87 bits per heavy atom. The second-order valence-corrected chi connectivity index (χ2v) is 6.00. The Balaban J connectivity index is 1.72. The monoisotopic (exact) mass is 310 g/mol. The van der Waals surface area contributed by atoms with E-state index in [0.717, 1.165) is 35.0 Å². The number of carbonyl (C=O) groups excluding carboxylic acids is 1. The number of hydrogen-bond acceptors (Lipinski definition) is 2. The zero-order valence-corrected chi connectivity index (χ0v) is 13.8. The number of fused-ring (bicyclic) bond motifs is 1. The van der Waals surface area contributed by atoms with Crippen LogP contribution in [0.25, 0.3) is 10.9 Å². The zero-order chi connectivity index (χ0) is 16.4. The molecule has 0 radical (unpaired) electrons. The van der Waals surface area contributed by atoms with E-state index in [9.17, 15) is 4.79 Å². The molecule has 0 unspecified atom stereocenters. The van der Waals surface area contributed by atoms with Crippen LogP contribution in [0.15, 0.2) is 36.9 Å². The minimum absolute atomic E-state index is 0.0451. The van der Waals surface area contributed by atoms with E-state index in [1.54, 1.807) is 17.4 Å². The zero-order valence-electron chi connectivity index (χ0n) is 13.8. The van der Waals surface area contributed by atoms with Gasteiger partial charge < -0.3 is 14.5 Å². The summed E-state index contributed by atoms with van der Waals surface area (Å²) in [6.45, 7) is 5.64. The van der Waals surface area contributed by atoms with Gasteiger partial charge in [-0.05, 0) is 31.4 Å². The number of benzene rings is 1. The van der Waals surface area contributed by atoms with Gasteiger partial charge in [-0.15, -0.1) is 0 Å². The standard InChI is InChI=1S/C18H22N4O/c1-13-6-4-7-15-14(2)17(20-16(13)15)18(23)21(3)9-5-10-22-11-8-19-12-22/h4,6-8,11-12,20H,5,9-10H2,1-3H3. The van der Waals surface area contributed by atoms with E-state index in [0.29, 0.717) is 12.2 Å². The van der Waals surface area contributed by atoms with Crippen LogP contribution in [-0.4, -0.2) is 38.9 Å². The van der Waals surface area contributed by atoms with Gasteiger partial charge in [-0.2, -0.15) is 0 Å². The highest BCUT2D eigenvalue weighted by Gasteiger charge is 2.18. The first kappa shape index (κ1) is 15.3. The van der Waals surface area contributed by atoms with E-state index < -0.39 is 0 Å². The van der Waals surface area contributed by atoms with E-state index in [1.807, 2.05) is 30.8 Å². The number of aromatic amines is 1. The number of nitrogens with zero attached hydrogens (tertiary/aromatic N) is 3. The molecule has 0 bridgehead atoms. The molecule has 0 spiro atoms. The molecule has 1 N–H and O–H groups in total. The van der Waals surface area contributed by atoms with Gasteiger partial charge in [0.2, 0.25) is 0 Å². The molecule has 120 valence electrons. The van der Waals surface area contributed by atoms with Crippen LogP contribution in [0.2, 0.25) is 0 Å². The lowest BCUT2D eigenvalue weighted by Crippen LogP contribution is -2.29. The molecule has 0 saturated heterocycles. The Bertz CT molecular complexity index is 817. The molecule has 0 aliphatic carbocycles. The molecule has 1 amide bonds. The van der Waals surface area contributed by atoms with Gasteiger partial charge in [-0.25, -0.2) is 4.98 Å². The molecular formula is C18H22N4O. The van der Waals surface area contributed by atoms with Crippen LogP contribution in [0.3, 0.4) is 0 Å². The molecule has 5 nitrogen and oxygen atoms in total. The molecule has 0 aliphatic heterocycles. The predicted octanol–water partition coefficient (Wildman–Crippen LogP) is 3.14. The number of imidazole rings is 1. The van der Waals surface area contributed by atoms with E-state index in [-0.39, 0.29) is 5.91 Å². The van der Waals surface area contributed by atoms with Crippen molar-refractivity contribution >= 4 is 16.8 Å². The summed E-state index contributed by atoms with van der Waals surface area (Å²) in [5, 5.41) is 1.13. The maximum absolute atomic E-state index is 12.7. The summed E-state index contributed by atoms with van der Waals surface area (Å²) in [4.78, 5) is 21.8. The fourth-order valence-corrected chi connectivity index (χ4v) is 2.92. The molecule has 2 heterocycles. The van der Waals surface area contributed by atoms with Crippen molar-refractivity contribution in [1.29, 1.82) is 0 Å². The lowest BCUT2D eigenvalue weighted by Gasteiger charge is -2.17. The summed E-state index contributed by atoms with van der Waals surface area (Å²) >= 11 is 0. The predicted molar refractivity (Wildman–Crippen MR) is 91.6 cm³/mol. The lowest BCUT2D eigenvalue weighted by atomic mass is 10.1. The average Bonchev–Trinajstić information content (AvgIpc) is 3.16. The minimum atomic E-state index is 0.0451. The third kappa shape index (κ3) is 2.99. The molecule has 5 heteroatoms. The minimum Gasteiger partial charge on any atom is -0.350 e. The van der Waals surface area contributed by atoms with Crippen molar-refractivity contribution in [3.8, 4) is 0 Å². The van der Waals surface area contributed by atoms with Crippen LogP contribution in [0.5, 0.6) is 0 Å². The van der Waals surface area contributed by atoms with Gasteiger partial charge in [0.25, 0.3) is 5.91 Å². The van der Waals surface area contributed by atoms with Crippen molar-refractivity contribution in [1.82, 2.24) is 19.4 Å². The van der Waals surface area contributed by atoms with Crippen molar-refractivity contribution in [3.63, 3.8) is 0 Å². The molecule has 3 aromatic rings. The Morgan fingerprint density at radius 2 is 2.17 bits per heavy atom. The summed E-state index contributed by atoms with van der Waals surface area (Å²) < 4.78 is 2.02. The number of aromatic nitrogens is 3. The number of nitrogens with one attached hydrogen (secondary N) is 1. The molecule has 0 fully saturated rings. The third-order valence-corrected chi connectivity index (χ3v) is 4.33. The van der Waals surface area contributed by atoms with Crippen LogP contribution >= 0.6 is 0 Å². The molecule has 23 heavy (non-hydrogen) atoms. The van der Waals surface area contributed by atoms with Crippen molar-refractivity contribution in [2.75, 3.05) is 13.6 Å². The van der Waals surface area contributed by atoms with Gasteiger partial charge in [0.05, 0.1) is 6.33 Å². The maximum atomic E-state index is 12.7. The summed E-state index contributed by atoms with van der Waals surface area (Å²) in [6, 6.07) is 6.15. The highest BCUT2D eigenvalue weighted by Crippen LogP contribution is 2.24. The van der Waals surface area contributed by atoms with E-state index >= 15 is 0 Å². The van der Waals surface area contributed by atoms with Crippen molar-refractivity contribution in [3.05, 3.63) is 53.7 Å². The number of amides is 1. The third-order valence-electron chi connectivity index (χ3n) is 4.33. The van der Waals surface area contributed by atoms with Gasteiger partial charge in [0.1, 0.15) is 5.69 Å². The van der Waals surface area contributed by atoms with Gasteiger partial charge in [-0.3, -0.25) is 4.79 Å². The number of carbonyl (C=O) groups is 1. The van der Waals surface area contributed by atoms with Crippen LogP contribution in [0.1, 0.15) is 28.0 Å². The van der Waals surface area contributed by atoms with Crippen molar-refractivity contribution in [2.45, 2.75) is 26.8 Å². The van der Waals surface area contributed by atoms with Crippen molar-refractivity contribution < 1.29 is 4.79 Å². The SMILES string of the molecule is Cc1c(C(=O)N(C)CCCn2ccnc2)[nH]c2c(C)cccc12. The van der Waals surface area contributed by atoms with Gasteiger partial charge in [0, 0.05) is 43.4 Å². The highest BCUT2D eigenvalue weighted by molar-refractivity contribution is 6.01. The van der Waals surface area contributed by atoms with E-state index in [4.69, 9.17) is 0 Å². The Hall–Kier alpha value is -2.56. The topological polar surface area (TPSA) is 53.9 Å². The molecular weight excluding hydrogens is 288 g/mol. The fraction of sp³-hybridized carbons (Fsp3) is 0.333. The normalized spacial score (nSPS) is 11.1. The molecule has 0 aliphatic rings. The second kappa shape index (κ2) is 6.28. The van der Waals surface area contributed by atoms with Crippen LogP contribution in [0, 0.1) is 13.8 Å². The second-order valence-electron chi connectivity index (χ2n) is 6.00. The number of H-pyrrole nitrogens is 1. The number of aryl methyl sites for hydroxylation is 3. The molecule has 0 atom stereocenters. The number of rotatable bonds is 5. The Labute approximate surface area is 135 Å². The largest absolute Gasteiger partial charge is 0.350 e. The summed E-state index contributed by atoms with van der Waals surface area (Å²) in [5.74, 6) is 0.0451. The first-order chi connectivity index (χ1) is 11.1.